The molecule has 1 heteroatoms. The van der Waals surface area contributed by atoms with Gasteiger partial charge in [0.25, 0.3) is 0 Å². The van der Waals surface area contributed by atoms with Gasteiger partial charge < -0.3 is 4.79 Å². The fraction of sp³-hybridized carbons (Fsp3) is 0.444. The van der Waals surface area contributed by atoms with Gasteiger partial charge in [-0.15, -0.1) is 0 Å². The normalized spacial score (nSPS) is 11.3. The predicted octanol–water partition coefficient (Wildman–Crippen LogP) is 2.49. The molecule has 10 heavy (non-hydrogen) atoms. The maximum atomic E-state index is 9.82. The third kappa shape index (κ3) is 7.15. The molecule has 0 aromatic heterocycles. The highest BCUT2D eigenvalue weighted by atomic mass is 16.1. The van der Waals surface area contributed by atoms with Crippen LogP contribution in [0.1, 0.15) is 26.2 Å². The topological polar surface area (TPSA) is 17.1 Å². The van der Waals surface area contributed by atoms with Crippen molar-refractivity contribution in [2.24, 2.45) is 0 Å². The van der Waals surface area contributed by atoms with Crippen molar-refractivity contribution in [3.8, 4) is 0 Å². The van der Waals surface area contributed by atoms with Crippen LogP contribution >= 0.6 is 0 Å². The molecule has 0 unspecified atom stereocenters. The van der Waals surface area contributed by atoms with Crippen molar-refractivity contribution >= 4 is 6.29 Å². The molecule has 0 rings (SSSR count). The summed E-state index contributed by atoms with van der Waals surface area (Å²) in [6.45, 7) is 2.10. The summed E-state index contributed by atoms with van der Waals surface area (Å²) in [4.78, 5) is 9.82. The standard InChI is InChI=1S/C9H14O/c1-2-3-4-5-6-7-8-9-10/h3-4,6-7,9H,2,5,8H2,1H3/b4-3?,7-6-. The lowest BCUT2D eigenvalue weighted by Crippen LogP contribution is -1.65. The van der Waals surface area contributed by atoms with Crippen LogP contribution < -0.4 is 0 Å². The van der Waals surface area contributed by atoms with Crippen LogP contribution in [0.15, 0.2) is 24.3 Å². The maximum absolute atomic E-state index is 9.82. The zero-order valence-corrected chi connectivity index (χ0v) is 6.42. The van der Waals surface area contributed by atoms with Gasteiger partial charge in [-0.25, -0.2) is 0 Å². The van der Waals surface area contributed by atoms with Crippen LogP contribution in [0.4, 0.5) is 0 Å². The molecule has 0 aliphatic heterocycles. The fourth-order valence-electron chi connectivity index (χ4n) is 0.589. The van der Waals surface area contributed by atoms with Crippen molar-refractivity contribution in [1.82, 2.24) is 0 Å². The second-order valence-electron chi connectivity index (χ2n) is 1.99. The van der Waals surface area contributed by atoms with Crippen LogP contribution in [-0.4, -0.2) is 6.29 Å². The van der Waals surface area contributed by atoms with Gasteiger partial charge in [-0.1, -0.05) is 31.2 Å². The summed E-state index contributed by atoms with van der Waals surface area (Å²) in [6.07, 6.45) is 11.6. The van der Waals surface area contributed by atoms with Gasteiger partial charge in [-0.3, -0.25) is 0 Å². The highest BCUT2D eigenvalue weighted by molar-refractivity contribution is 5.51. The van der Waals surface area contributed by atoms with Crippen LogP contribution in [0.5, 0.6) is 0 Å². The van der Waals surface area contributed by atoms with Crippen molar-refractivity contribution in [2.45, 2.75) is 26.2 Å². The van der Waals surface area contributed by atoms with Gasteiger partial charge in [0.1, 0.15) is 6.29 Å². The molecule has 0 aliphatic rings. The Labute approximate surface area is 62.4 Å². The number of aldehydes is 1. The van der Waals surface area contributed by atoms with E-state index in [0.29, 0.717) is 6.42 Å². The average Bonchev–Trinajstić information content (AvgIpc) is 1.97. The first kappa shape index (κ1) is 9.15. The Balaban J connectivity index is 3.17. The highest BCUT2D eigenvalue weighted by Gasteiger charge is 1.71. The Morgan fingerprint density at radius 2 is 1.60 bits per heavy atom. The molecule has 0 aromatic rings. The molecule has 0 aromatic carbocycles. The van der Waals surface area contributed by atoms with Crippen molar-refractivity contribution in [3.05, 3.63) is 24.3 Å². The first-order chi connectivity index (χ1) is 4.91. The molecule has 0 aliphatic carbocycles. The Hall–Kier alpha value is -0.850. The van der Waals surface area contributed by atoms with Crippen molar-refractivity contribution < 1.29 is 4.79 Å². The number of allylic oxidation sites excluding steroid dienone is 4. The molecule has 0 fully saturated rings. The summed E-state index contributed by atoms with van der Waals surface area (Å²) in [5.74, 6) is 0. The summed E-state index contributed by atoms with van der Waals surface area (Å²) in [5.41, 5.74) is 0. The van der Waals surface area contributed by atoms with E-state index in [9.17, 15) is 4.79 Å². The van der Waals surface area contributed by atoms with Crippen LogP contribution in [-0.2, 0) is 4.79 Å². The van der Waals surface area contributed by atoms with Gasteiger partial charge >= 0.3 is 0 Å². The first-order valence-corrected chi connectivity index (χ1v) is 3.65. The minimum Gasteiger partial charge on any atom is -0.303 e. The number of carbonyl (C=O) groups is 1. The molecule has 0 bridgehead atoms. The second-order valence-corrected chi connectivity index (χ2v) is 1.99. The van der Waals surface area contributed by atoms with E-state index in [4.69, 9.17) is 0 Å². The minimum atomic E-state index is 0.542. The summed E-state index contributed by atoms with van der Waals surface area (Å²) in [5, 5.41) is 0. The first-order valence-electron chi connectivity index (χ1n) is 3.65. The van der Waals surface area contributed by atoms with E-state index in [1.165, 1.54) is 0 Å². The lowest BCUT2D eigenvalue weighted by molar-refractivity contribution is -0.107. The van der Waals surface area contributed by atoms with Crippen molar-refractivity contribution in [2.75, 3.05) is 0 Å². The molecule has 1 nitrogen and oxygen atoms in total. The van der Waals surface area contributed by atoms with Gasteiger partial charge in [-0.2, -0.15) is 0 Å². The third-order valence-corrected chi connectivity index (χ3v) is 1.07. The van der Waals surface area contributed by atoms with E-state index in [2.05, 4.69) is 19.1 Å². The molecule has 0 heterocycles. The van der Waals surface area contributed by atoms with Crippen LogP contribution in [0.3, 0.4) is 0 Å². The molecule has 56 valence electrons. The second kappa shape index (κ2) is 8.15. The summed E-state index contributed by atoms with van der Waals surface area (Å²) >= 11 is 0. The molecule has 0 N–H and O–H groups in total. The minimum absolute atomic E-state index is 0.542. The zero-order valence-electron chi connectivity index (χ0n) is 6.42. The van der Waals surface area contributed by atoms with Gasteiger partial charge in [0.15, 0.2) is 0 Å². The Morgan fingerprint density at radius 1 is 1.00 bits per heavy atom. The molecule has 0 saturated heterocycles. The number of carbonyl (C=O) groups excluding carboxylic acids is 1. The van der Waals surface area contributed by atoms with E-state index in [1.54, 1.807) is 0 Å². The van der Waals surface area contributed by atoms with E-state index < -0.39 is 0 Å². The Bertz CT molecular complexity index is 123. The fourth-order valence-corrected chi connectivity index (χ4v) is 0.589. The summed E-state index contributed by atoms with van der Waals surface area (Å²) in [6, 6.07) is 0. The average molecular weight is 138 g/mol. The van der Waals surface area contributed by atoms with E-state index in [0.717, 1.165) is 19.1 Å². The molecule has 0 amide bonds. The summed E-state index contributed by atoms with van der Waals surface area (Å²) < 4.78 is 0. The van der Waals surface area contributed by atoms with Gasteiger partial charge in [0.05, 0.1) is 0 Å². The quantitative estimate of drug-likeness (QED) is 0.421. The number of rotatable bonds is 5. The molecule has 0 spiro atoms. The summed E-state index contributed by atoms with van der Waals surface area (Å²) in [7, 11) is 0. The number of hydrogen-bond acceptors (Lipinski definition) is 1. The smallest absolute Gasteiger partial charge is 0.123 e. The molecule has 0 saturated carbocycles. The lowest BCUT2D eigenvalue weighted by Gasteiger charge is -1.79. The van der Waals surface area contributed by atoms with Crippen LogP contribution in [0.25, 0.3) is 0 Å². The zero-order chi connectivity index (χ0) is 7.66. The van der Waals surface area contributed by atoms with Gasteiger partial charge in [-0.05, 0) is 12.8 Å². The molecule has 0 atom stereocenters. The van der Waals surface area contributed by atoms with Gasteiger partial charge in [0.2, 0.25) is 0 Å². The molecular weight excluding hydrogens is 124 g/mol. The van der Waals surface area contributed by atoms with Crippen LogP contribution in [0.2, 0.25) is 0 Å². The highest BCUT2D eigenvalue weighted by Crippen LogP contribution is 1.88. The maximum Gasteiger partial charge on any atom is 0.123 e. The SMILES string of the molecule is CCC=CC/C=C\CC=O. The third-order valence-electron chi connectivity index (χ3n) is 1.07. The Kier molecular flexibility index (Phi) is 7.46. The Morgan fingerprint density at radius 3 is 2.20 bits per heavy atom. The predicted molar refractivity (Wildman–Crippen MR) is 43.9 cm³/mol. The monoisotopic (exact) mass is 138 g/mol. The molecular formula is C9H14O. The van der Waals surface area contributed by atoms with E-state index in [-0.39, 0.29) is 0 Å². The largest absolute Gasteiger partial charge is 0.303 e. The number of hydrogen-bond donors (Lipinski definition) is 0. The molecule has 0 radical (unpaired) electrons. The van der Waals surface area contributed by atoms with Gasteiger partial charge in [0, 0.05) is 6.42 Å². The lowest BCUT2D eigenvalue weighted by atomic mass is 10.3. The van der Waals surface area contributed by atoms with E-state index >= 15 is 0 Å². The van der Waals surface area contributed by atoms with E-state index in [1.807, 2.05) is 12.2 Å². The van der Waals surface area contributed by atoms with Crippen molar-refractivity contribution in [3.63, 3.8) is 0 Å². The van der Waals surface area contributed by atoms with Crippen LogP contribution in [0, 0.1) is 0 Å². The van der Waals surface area contributed by atoms with Crippen molar-refractivity contribution in [1.29, 1.82) is 0 Å².